The number of aliphatic hydroxyl groups excluding tert-OH is 1. The molecule has 0 bridgehead atoms. The molecule has 1 aliphatic rings. The molecule has 0 amide bonds. The van der Waals surface area contributed by atoms with Crippen LogP contribution < -0.4 is 0 Å². The normalized spacial score (nSPS) is 14.9. The lowest BCUT2D eigenvalue weighted by Crippen LogP contribution is -2.50. The minimum absolute atomic E-state index is 0.0552. The van der Waals surface area contributed by atoms with Crippen LogP contribution in [0.3, 0.4) is 0 Å². The Balaban J connectivity index is 1.37. The molecule has 52 heavy (non-hydrogen) atoms. The van der Waals surface area contributed by atoms with Crippen LogP contribution in [0.25, 0.3) is 22.3 Å². The fourth-order valence-electron chi connectivity index (χ4n) is 6.69. The first kappa shape index (κ1) is 39.4. The smallest absolute Gasteiger partial charge is 0.162 e. The van der Waals surface area contributed by atoms with Gasteiger partial charge in [-0.1, -0.05) is 124 Å². The van der Waals surface area contributed by atoms with Crippen LogP contribution in [-0.2, 0) is 51.2 Å². The molecule has 0 spiro atoms. The number of aliphatic hydroxyl groups is 1. The van der Waals surface area contributed by atoms with E-state index in [9.17, 15) is 5.11 Å². The molecular weight excluding hydrogens is 645 g/mol. The largest absolute Gasteiger partial charge is 0.396 e. The summed E-state index contributed by atoms with van der Waals surface area (Å²) in [7, 11) is 0. The third-order valence-corrected chi connectivity index (χ3v) is 10.1. The molecule has 0 aromatic heterocycles. The van der Waals surface area contributed by atoms with E-state index in [1.165, 1.54) is 58.2 Å². The Morgan fingerprint density at radius 1 is 0.712 bits per heavy atom. The second-order valence-corrected chi connectivity index (χ2v) is 14.6. The van der Waals surface area contributed by atoms with Gasteiger partial charge in [-0.05, 0) is 102 Å². The van der Waals surface area contributed by atoms with Crippen molar-refractivity contribution in [2.45, 2.75) is 92.0 Å². The SMILES string of the molecule is CCCCCc1ccc(-c2ccc(-c3cc(C#CCOCc4ccccc4)c(CCOCC4(CO)COC(C)(C)OC4)cc3CC)c(CC)c2)cc1. The van der Waals surface area contributed by atoms with Crippen molar-refractivity contribution in [2.75, 3.05) is 39.6 Å². The van der Waals surface area contributed by atoms with Crippen LogP contribution in [0.1, 0.15) is 87.3 Å². The van der Waals surface area contributed by atoms with Gasteiger partial charge >= 0.3 is 0 Å². The highest BCUT2D eigenvalue weighted by atomic mass is 16.7. The Hall–Kier alpha value is -3.76. The molecule has 1 saturated heterocycles. The van der Waals surface area contributed by atoms with E-state index in [4.69, 9.17) is 18.9 Å². The first-order chi connectivity index (χ1) is 25.3. The molecule has 0 radical (unpaired) electrons. The van der Waals surface area contributed by atoms with Crippen molar-refractivity contribution in [3.8, 4) is 34.1 Å². The van der Waals surface area contributed by atoms with Gasteiger partial charge in [-0.25, -0.2) is 0 Å². The summed E-state index contributed by atoms with van der Waals surface area (Å²) in [6, 6.07) is 30.8. The number of unbranched alkanes of at least 4 members (excludes halogenated alkanes) is 2. The van der Waals surface area contributed by atoms with E-state index in [-0.39, 0.29) is 6.61 Å². The van der Waals surface area contributed by atoms with E-state index in [1.54, 1.807) is 0 Å². The molecule has 1 heterocycles. The third-order valence-electron chi connectivity index (χ3n) is 10.1. The minimum atomic E-state index is -0.646. The second kappa shape index (κ2) is 19.4. The highest BCUT2D eigenvalue weighted by molar-refractivity contribution is 5.77. The van der Waals surface area contributed by atoms with Crippen molar-refractivity contribution < 1.29 is 24.1 Å². The van der Waals surface area contributed by atoms with Gasteiger partial charge in [-0.15, -0.1) is 0 Å². The first-order valence-corrected chi connectivity index (χ1v) is 19.2. The van der Waals surface area contributed by atoms with E-state index < -0.39 is 11.2 Å². The topological polar surface area (TPSA) is 57.2 Å². The number of rotatable bonds is 17. The maximum Gasteiger partial charge on any atom is 0.162 e. The van der Waals surface area contributed by atoms with Crippen molar-refractivity contribution in [1.82, 2.24) is 0 Å². The molecule has 4 aromatic carbocycles. The summed E-state index contributed by atoms with van der Waals surface area (Å²) in [5, 5.41) is 10.2. The third kappa shape index (κ3) is 10.9. The highest BCUT2D eigenvalue weighted by Crippen LogP contribution is 2.34. The molecular formula is C47H58O5. The summed E-state index contributed by atoms with van der Waals surface area (Å²) >= 11 is 0. The molecule has 1 fully saturated rings. The predicted octanol–water partition coefficient (Wildman–Crippen LogP) is 9.77. The standard InChI is InChI=1S/C47H58O5/c1-6-9-11-15-36-19-21-40(22-20-36)42-23-24-44(38(7-2)28-42)45-30-41(18-14-26-49-31-37-16-12-10-13-17-37)43(29-39(45)8-3)25-27-50-33-47(32-48)34-51-46(4,5)52-35-47/h10,12-13,16-17,19-24,28-30,48H,6-9,11,15,25-27,31-35H2,1-5H3. The van der Waals surface area contributed by atoms with Gasteiger partial charge in [-0.2, -0.15) is 0 Å². The number of hydrogen-bond acceptors (Lipinski definition) is 5. The summed E-state index contributed by atoms with van der Waals surface area (Å²) in [4.78, 5) is 0. The van der Waals surface area contributed by atoms with Crippen molar-refractivity contribution in [3.63, 3.8) is 0 Å². The lowest BCUT2D eigenvalue weighted by Gasteiger charge is -2.42. The number of aryl methyl sites for hydroxylation is 3. The van der Waals surface area contributed by atoms with Gasteiger partial charge < -0.3 is 24.1 Å². The first-order valence-electron chi connectivity index (χ1n) is 19.2. The predicted molar refractivity (Wildman–Crippen MR) is 212 cm³/mol. The van der Waals surface area contributed by atoms with Crippen LogP contribution in [0.5, 0.6) is 0 Å². The van der Waals surface area contributed by atoms with E-state index >= 15 is 0 Å². The average molecular weight is 703 g/mol. The minimum Gasteiger partial charge on any atom is -0.396 e. The molecule has 0 saturated carbocycles. The van der Waals surface area contributed by atoms with Crippen LogP contribution in [0, 0.1) is 17.3 Å². The fraction of sp³-hybridized carbons (Fsp3) is 0.447. The van der Waals surface area contributed by atoms with Gasteiger partial charge in [0.25, 0.3) is 0 Å². The maximum absolute atomic E-state index is 10.2. The second-order valence-electron chi connectivity index (χ2n) is 14.6. The van der Waals surface area contributed by atoms with Crippen LogP contribution in [-0.4, -0.2) is 50.5 Å². The molecule has 0 aliphatic carbocycles. The summed E-state index contributed by atoms with van der Waals surface area (Å²) in [5.74, 6) is 6.11. The average Bonchev–Trinajstić information content (AvgIpc) is 3.18. The zero-order valence-electron chi connectivity index (χ0n) is 32.1. The molecule has 1 N–H and O–H groups in total. The number of benzene rings is 4. The molecule has 5 heteroatoms. The molecule has 1 aliphatic heterocycles. The molecule has 276 valence electrons. The lowest BCUT2D eigenvalue weighted by molar-refractivity contribution is -0.296. The maximum atomic E-state index is 10.2. The summed E-state index contributed by atoms with van der Waals surface area (Å²) in [5.41, 5.74) is 11.7. The van der Waals surface area contributed by atoms with Crippen LogP contribution in [0.2, 0.25) is 0 Å². The van der Waals surface area contributed by atoms with E-state index in [1.807, 2.05) is 32.0 Å². The van der Waals surface area contributed by atoms with Gasteiger partial charge in [0.15, 0.2) is 5.79 Å². The van der Waals surface area contributed by atoms with Gasteiger partial charge in [0.05, 0.1) is 45.1 Å². The van der Waals surface area contributed by atoms with Gasteiger partial charge in [0.2, 0.25) is 0 Å². The summed E-state index contributed by atoms with van der Waals surface area (Å²) in [6.07, 6.45) is 7.45. The van der Waals surface area contributed by atoms with Crippen molar-refractivity contribution in [2.24, 2.45) is 5.41 Å². The van der Waals surface area contributed by atoms with E-state index in [0.29, 0.717) is 46.1 Å². The van der Waals surface area contributed by atoms with Crippen molar-refractivity contribution in [1.29, 1.82) is 0 Å². The molecule has 5 rings (SSSR count). The zero-order chi connectivity index (χ0) is 36.8. The zero-order valence-corrected chi connectivity index (χ0v) is 32.1. The molecule has 4 aromatic rings. The lowest BCUT2D eigenvalue weighted by atomic mass is 9.87. The number of hydrogen-bond donors (Lipinski definition) is 1. The monoisotopic (exact) mass is 702 g/mol. The Bertz CT molecular complexity index is 1750. The van der Waals surface area contributed by atoms with E-state index in [2.05, 4.69) is 99.3 Å². The van der Waals surface area contributed by atoms with Crippen LogP contribution >= 0.6 is 0 Å². The summed E-state index contributed by atoms with van der Waals surface area (Å²) < 4.78 is 23.9. The van der Waals surface area contributed by atoms with Crippen molar-refractivity contribution >= 4 is 0 Å². The van der Waals surface area contributed by atoms with Crippen LogP contribution in [0.4, 0.5) is 0 Å². The Labute approximate surface area is 312 Å². The summed E-state index contributed by atoms with van der Waals surface area (Å²) in [6.45, 7) is 13.0. The Kier molecular flexibility index (Phi) is 14.7. The van der Waals surface area contributed by atoms with Gasteiger partial charge in [0.1, 0.15) is 6.61 Å². The molecule has 0 atom stereocenters. The Morgan fingerprint density at radius 2 is 1.42 bits per heavy atom. The molecule has 5 nitrogen and oxygen atoms in total. The van der Waals surface area contributed by atoms with Crippen LogP contribution in [0.15, 0.2) is 84.9 Å². The van der Waals surface area contributed by atoms with Crippen molar-refractivity contribution in [3.05, 3.63) is 118 Å². The quantitative estimate of drug-likeness (QED) is 0.0877. The highest BCUT2D eigenvalue weighted by Gasteiger charge is 2.40. The number of ether oxygens (including phenoxy) is 4. The van der Waals surface area contributed by atoms with Gasteiger partial charge in [0, 0.05) is 5.56 Å². The Morgan fingerprint density at radius 3 is 2.12 bits per heavy atom. The van der Waals surface area contributed by atoms with Gasteiger partial charge in [-0.3, -0.25) is 0 Å². The van der Waals surface area contributed by atoms with E-state index in [0.717, 1.165) is 36.0 Å². The molecule has 0 unspecified atom stereocenters. The fourth-order valence-corrected chi connectivity index (χ4v) is 6.69.